The highest BCUT2D eigenvalue weighted by Gasteiger charge is 2.21. The molecule has 0 saturated carbocycles. The fraction of sp³-hybridized carbons (Fsp3) is 0.867. The Morgan fingerprint density at radius 1 is 1.09 bits per heavy atom. The molecule has 0 aromatic heterocycles. The van der Waals surface area contributed by atoms with Crippen LogP contribution in [-0.4, -0.2) is 50.3 Å². The maximum absolute atomic E-state index is 11.8. The summed E-state index contributed by atoms with van der Waals surface area (Å²) in [5, 5.41) is 15.3. The number of carbonyl (C=O) groups is 2. The number of amides is 3. The van der Waals surface area contributed by atoms with Crippen LogP contribution in [0.25, 0.3) is 0 Å². The second kappa shape index (κ2) is 9.63. The number of piperidine rings is 1. The van der Waals surface area contributed by atoms with Gasteiger partial charge in [0, 0.05) is 13.1 Å². The first kappa shape index (κ1) is 17.0. The van der Waals surface area contributed by atoms with Gasteiger partial charge in [0.15, 0.2) is 0 Å². The number of urea groups is 1. The highest BCUT2D eigenvalue weighted by atomic mass is 16.2. The van der Waals surface area contributed by atoms with E-state index in [1.165, 1.54) is 19.3 Å². The van der Waals surface area contributed by atoms with Gasteiger partial charge in [-0.15, -0.1) is 0 Å². The van der Waals surface area contributed by atoms with Crippen molar-refractivity contribution in [2.24, 2.45) is 0 Å². The maximum atomic E-state index is 11.8. The first-order valence-corrected chi connectivity index (χ1v) is 8.54. The number of rotatable bonds is 6. The Balaban J connectivity index is 1.52. The fourth-order valence-corrected chi connectivity index (χ4v) is 2.88. The van der Waals surface area contributed by atoms with E-state index in [1.807, 2.05) is 0 Å². The lowest BCUT2D eigenvalue weighted by molar-refractivity contribution is -0.122. The van der Waals surface area contributed by atoms with Crippen LogP contribution in [-0.2, 0) is 4.79 Å². The molecule has 7 nitrogen and oxygen atoms in total. The van der Waals surface area contributed by atoms with E-state index < -0.39 is 6.04 Å². The van der Waals surface area contributed by atoms with Gasteiger partial charge in [-0.3, -0.25) is 4.79 Å². The van der Waals surface area contributed by atoms with Crippen LogP contribution in [0.2, 0.25) is 0 Å². The third kappa shape index (κ3) is 6.19. The minimum Gasteiger partial charge on any atom is -0.354 e. The molecule has 0 aromatic carbocycles. The van der Waals surface area contributed by atoms with Crippen molar-refractivity contribution in [1.82, 2.24) is 26.6 Å². The zero-order valence-corrected chi connectivity index (χ0v) is 13.2. The van der Waals surface area contributed by atoms with Crippen LogP contribution in [0.15, 0.2) is 0 Å². The smallest absolute Gasteiger partial charge is 0.315 e. The molecular weight excluding hydrogens is 282 g/mol. The normalized spacial score (nSPS) is 25.9. The first-order valence-electron chi connectivity index (χ1n) is 8.54. The third-order valence-electron chi connectivity index (χ3n) is 4.18. The standard InChI is InChI=1S/C15H29N5O2/c21-14-12(6-1-3-9-18-14)20-15(22)19-11-5-10-17-13-7-2-4-8-16-13/h12-13,16-17H,1-11H2,(H,18,21)(H2,19,20,22). The Labute approximate surface area is 132 Å². The summed E-state index contributed by atoms with van der Waals surface area (Å²) in [6.07, 6.45) is 7.65. The molecule has 22 heavy (non-hydrogen) atoms. The van der Waals surface area contributed by atoms with Gasteiger partial charge in [0.05, 0.1) is 6.17 Å². The molecule has 3 amide bonds. The van der Waals surface area contributed by atoms with Crippen molar-refractivity contribution in [2.75, 3.05) is 26.2 Å². The molecule has 2 aliphatic rings. The monoisotopic (exact) mass is 311 g/mol. The summed E-state index contributed by atoms with van der Waals surface area (Å²) in [7, 11) is 0. The molecule has 2 rings (SSSR count). The van der Waals surface area contributed by atoms with Gasteiger partial charge >= 0.3 is 6.03 Å². The van der Waals surface area contributed by atoms with Crippen LogP contribution in [0.4, 0.5) is 4.79 Å². The Morgan fingerprint density at radius 3 is 2.73 bits per heavy atom. The zero-order valence-electron chi connectivity index (χ0n) is 13.2. The lowest BCUT2D eigenvalue weighted by Gasteiger charge is -2.24. The summed E-state index contributed by atoms with van der Waals surface area (Å²) in [6, 6.07) is -0.648. The Bertz CT molecular complexity index is 358. The van der Waals surface area contributed by atoms with Crippen LogP contribution in [0, 0.1) is 0 Å². The Hall–Kier alpha value is -1.34. The summed E-state index contributed by atoms with van der Waals surface area (Å²) >= 11 is 0. The van der Waals surface area contributed by atoms with E-state index in [1.54, 1.807) is 0 Å². The summed E-state index contributed by atoms with van der Waals surface area (Å²) in [4.78, 5) is 23.5. The quantitative estimate of drug-likeness (QED) is 0.448. The van der Waals surface area contributed by atoms with Gasteiger partial charge in [0.2, 0.25) is 5.91 Å². The van der Waals surface area contributed by atoms with Gasteiger partial charge in [-0.2, -0.15) is 0 Å². The molecule has 0 radical (unpaired) electrons. The summed E-state index contributed by atoms with van der Waals surface area (Å²) in [6.45, 7) is 3.28. The molecule has 5 N–H and O–H groups in total. The molecule has 0 bridgehead atoms. The lowest BCUT2D eigenvalue weighted by atomic mass is 10.1. The maximum Gasteiger partial charge on any atom is 0.315 e. The van der Waals surface area contributed by atoms with Gasteiger partial charge < -0.3 is 26.6 Å². The van der Waals surface area contributed by atoms with Gasteiger partial charge in [-0.25, -0.2) is 4.79 Å². The number of hydrogen-bond donors (Lipinski definition) is 5. The summed E-state index contributed by atoms with van der Waals surface area (Å²) in [5.74, 6) is -0.0716. The van der Waals surface area contributed by atoms with Crippen LogP contribution in [0.3, 0.4) is 0 Å². The van der Waals surface area contributed by atoms with E-state index in [-0.39, 0.29) is 11.9 Å². The van der Waals surface area contributed by atoms with Crippen LogP contribution in [0.5, 0.6) is 0 Å². The van der Waals surface area contributed by atoms with Crippen molar-refractivity contribution in [3.63, 3.8) is 0 Å². The van der Waals surface area contributed by atoms with Crippen molar-refractivity contribution in [2.45, 2.75) is 57.2 Å². The van der Waals surface area contributed by atoms with E-state index >= 15 is 0 Å². The number of carbonyl (C=O) groups excluding carboxylic acids is 2. The predicted molar refractivity (Wildman–Crippen MR) is 85.4 cm³/mol. The Morgan fingerprint density at radius 2 is 1.91 bits per heavy atom. The number of nitrogens with one attached hydrogen (secondary N) is 5. The van der Waals surface area contributed by atoms with Gasteiger partial charge in [0.25, 0.3) is 0 Å². The molecule has 2 aliphatic heterocycles. The molecule has 2 heterocycles. The van der Waals surface area contributed by atoms with Crippen molar-refractivity contribution >= 4 is 11.9 Å². The van der Waals surface area contributed by atoms with Crippen LogP contribution in [0.1, 0.15) is 44.9 Å². The summed E-state index contributed by atoms with van der Waals surface area (Å²) < 4.78 is 0. The topological polar surface area (TPSA) is 94.3 Å². The molecule has 0 aliphatic carbocycles. The van der Waals surface area contributed by atoms with Crippen molar-refractivity contribution in [3.8, 4) is 0 Å². The van der Waals surface area contributed by atoms with Gasteiger partial charge in [-0.1, -0.05) is 0 Å². The van der Waals surface area contributed by atoms with Crippen LogP contribution >= 0.6 is 0 Å². The van der Waals surface area contributed by atoms with Crippen LogP contribution < -0.4 is 26.6 Å². The molecule has 7 heteroatoms. The molecule has 2 atom stereocenters. The minimum absolute atomic E-state index is 0.0716. The van der Waals surface area contributed by atoms with E-state index in [0.717, 1.165) is 32.4 Å². The zero-order chi connectivity index (χ0) is 15.6. The Kier molecular flexibility index (Phi) is 7.45. The van der Waals surface area contributed by atoms with Crippen molar-refractivity contribution in [1.29, 1.82) is 0 Å². The lowest BCUT2D eigenvalue weighted by Crippen LogP contribution is -2.49. The first-order chi connectivity index (χ1) is 10.8. The van der Waals surface area contributed by atoms with Gasteiger partial charge in [-0.05, 0) is 58.0 Å². The molecule has 0 aromatic rings. The molecule has 0 spiro atoms. The third-order valence-corrected chi connectivity index (χ3v) is 4.18. The van der Waals surface area contributed by atoms with E-state index in [2.05, 4.69) is 26.6 Å². The average Bonchev–Trinajstić information content (AvgIpc) is 2.73. The molecule has 2 unspecified atom stereocenters. The second-order valence-corrected chi connectivity index (χ2v) is 6.05. The average molecular weight is 311 g/mol. The molecular formula is C15H29N5O2. The SMILES string of the molecule is O=C(NCCCNC1CCCCN1)NC1CCCCNC1=O. The van der Waals surface area contributed by atoms with Gasteiger partial charge in [0.1, 0.15) is 6.04 Å². The highest BCUT2D eigenvalue weighted by Crippen LogP contribution is 2.05. The molecule has 2 fully saturated rings. The van der Waals surface area contributed by atoms with E-state index in [4.69, 9.17) is 0 Å². The second-order valence-electron chi connectivity index (χ2n) is 6.05. The van der Waals surface area contributed by atoms with Crippen molar-refractivity contribution in [3.05, 3.63) is 0 Å². The van der Waals surface area contributed by atoms with E-state index in [0.29, 0.717) is 25.7 Å². The minimum atomic E-state index is -0.396. The van der Waals surface area contributed by atoms with Crippen molar-refractivity contribution < 1.29 is 9.59 Å². The number of hydrogen-bond acceptors (Lipinski definition) is 4. The largest absolute Gasteiger partial charge is 0.354 e. The molecule has 126 valence electrons. The predicted octanol–water partition coefficient (Wildman–Crippen LogP) is 0.0336. The fourth-order valence-electron chi connectivity index (χ4n) is 2.88. The van der Waals surface area contributed by atoms with E-state index in [9.17, 15) is 9.59 Å². The molecule has 2 saturated heterocycles. The highest BCUT2D eigenvalue weighted by molar-refractivity contribution is 5.87. The summed E-state index contributed by atoms with van der Waals surface area (Å²) in [5.41, 5.74) is 0.